The van der Waals surface area contributed by atoms with Gasteiger partial charge in [0.15, 0.2) is 0 Å². The number of carbonyl (C=O) groups excluding carboxylic acids is 3. The molecule has 3 rings (SSSR count). The van der Waals surface area contributed by atoms with Crippen molar-refractivity contribution in [2.45, 2.75) is 12.3 Å². The van der Waals surface area contributed by atoms with Gasteiger partial charge in [-0.05, 0) is 29.8 Å². The highest BCUT2D eigenvalue weighted by molar-refractivity contribution is 6.00. The number of hydrogen-bond donors (Lipinski definition) is 3. The van der Waals surface area contributed by atoms with Crippen LogP contribution in [0.1, 0.15) is 17.9 Å². The van der Waals surface area contributed by atoms with Crippen molar-refractivity contribution in [3.05, 3.63) is 82.5 Å². The number of benzene rings is 2. The first-order valence-corrected chi connectivity index (χ1v) is 10.3. The van der Waals surface area contributed by atoms with Crippen LogP contribution in [0.25, 0.3) is 0 Å². The van der Waals surface area contributed by atoms with Crippen LogP contribution in [0.5, 0.6) is 0 Å². The third-order valence-electron chi connectivity index (χ3n) is 5.09. The smallest absolute Gasteiger partial charge is 0.338 e. The molecule has 0 aromatic heterocycles. The zero-order valence-electron chi connectivity index (χ0n) is 19.1. The second-order valence-corrected chi connectivity index (χ2v) is 7.33. The van der Waals surface area contributed by atoms with Crippen molar-refractivity contribution in [3.8, 4) is 6.07 Å². The van der Waals surface area contributed by atoms with Crippen molar-refractivity contribution >= 4 is 29.3 Å². The summed E-state index contributed by atoms with van der Waals surface area (Å²) in [6.07, 6.45) is -0.458. The topological polar surface area (TPSA) is 153 Å². The van der Waals surface area contributed by atoms with Crippen LogP contribution in [0.3, 0.4) is 0 Å². The number of anilines is 2. The number of nitriles is 1. The highest BCUT2D eigenvalue weighted by atomic mass is 19.1. The number of urea groups is 1. The number of nitrogens with one attached hydrogen (secondary N) is 2. The second kappa shape index (κ2) is 11.0. The zero-order chi connectivity index (χ0) is 26.4. The quantitative estimate of drug-likeness (QED) is 0.512. The number of halogens is 2. The van der Waals surface area contributed by atoms with Crippen LogP contribution in [-0.2, 0) is 23.8 Å². The fourth-order valence-electron chi connectivity index (χ4n) is 3.49. The van der Waals surface area contributed by atoms with Crippen molar-refractivity contribution in [2.24, 2.45) is 5.73 Å². The van der Waals surface area contributed by atoms with Crippen LogP contribution in [-0.4, -0.2) is 32.2 Å². The summed E-state index contributed by atoms with van der Waals surface area (Å²) in [5.41, 5.74) is 5.92. The summed E-state index contributed by atoms with van der Waals surface area (Å²) < 4.78 is 41.8. The molecule has 12 heteroatoms. The van der Waals surface area contributed by atoms with Gasteiger partial charge in [-0.25, -0.2) is 18.4 Å². The molecule has 10 nitrogen and oxygen atoms in total. The minimum Gasteiger partial charge on any atom is -0.469 e. The van der Waals surface area contributed by atoms with Gasteiger partial charge in [0.2, 0.25) is 5.88 Å². The normalized spacial score (nSPS) is 14.9. The van der Waals surface area contributed by atoms with Gasteiger partial charge in [-0.3, -0.25) is 4.79 Å². The average molecular weight is 498 g/mol. The van der Waals surface area contributed by atoms with E-state index in [0.29, 0.717) is 11.6 Å². The number of ether oxygens (including phenoxy) is 3. The lowest BCUT2D eigenvalue weighted by molar-refractivity contribution is -0.140. The molecule has 4 N–H and O–H groups in total. The second-order valence-electron chi connectivity index (χ2n) is 7.33. The van der Waals surface area contributed by atoms with Gasteiger partial charge in [0.1, 0.15) is 35.5 Å². The minimum absolute atomic E-state index is 0.126. The van der Waals surface area contributed by atoms with E-state index in [9.17, 15) is 28.4 Å². The minimum atomic E-state index is -1.10. The molecular formula is C24H20F2N4O6. The number of hydrogen-bond acceptors (Lipinski definition) is 8. The zero-order valence-corrected chi connectivity index (χ0v) is 19.1. The molecular weight excluding hydrogens is 478 g/mol. The van der Waals surface area contributed by atoms with E-state index >= 15 is 0 Å². The molecule has 2 aromatic carbocycles. The van der Waals surface area contributed by atoms with Crippen molar-refractivity contribution in [1.29, 1.82) is 5.26 Å². The van der Waals surface area contributed by atoms with Crippen LogP contribution in [0, 0.1) is 23.0 Å². The Morgan fingerprint density at radius 2 is 1.86 bits per heavy atom. The Kier molecular flexibility index (Phi) is 7.85. The highest BCUT2D eigenvalue weighted by Crippen LogP contribution is 2.41. The standard InChI is InChI=1S/C24H20F2N4O6/c1-34-19(31)10-18-21(23(32)35-2)20(15(11-27)22(28)36-18)12-4-3-5-14(8-12)29-24(33)30-17-7-6-13(25)9-16(17)26/h3-9,20H,10,28H2,1-2H3,(H2,29,30,33). The number of allylic oxidation sites excluding steroid dienone is 1. The molecule has 1 unspecified atom stereocenters. The first-order chi connectivity index (χ1) is 17.2. The highest BCUT2D eigenvalue weighted by Gasteiger charge is 2.38. The molecule has 0 aliphatic carbocycles. The van der Waals surface area contributed by atoms with Gasteiger partial charge in [0.25, 0.3) is 0 Å². The summed E-state index contributed by atoms with van der Waals surface area (Å²) in [6, 6.07) is 9.76. The molecule has 0 bridgehead atoms. The number of nitrogens with two attached hydrogens (primary N) is 1. The fourth-order valence-corrected chi connectivity index (χ4v) is 3.49. The predicted octanol–water partition coefficient (Wildman–Crippen LogP) is 3.41. The number of nitrogens with zero attached hydrogens (tertiary/aromatic N) is 1. The maximum Gasteiger partial charge on any atom is 0.338 e. The first-order valence-electron chi connectivity index (χ1n) is 10.3. The molecule has 1 heterocycles. The van der Waals surface area contributed by atoms with E-state index in [-0.39, 0.29) is 34.2 Å². The Hall–Kier alpha value is -4.92. The lowest BCUT2D eigenvalue weighted by Gasteiger charge is -2.27. The van der Waals surface area contributed by atoms with Gasteiger partial charge in [-0.15, -0.1) is 0 Å². The molecule has 186 valence electrons. The molecule has 1 aliphatic rings. The molecule has 0 saturated heterocycles. The molecule has 1 aliphatic heterocycles. The van der Waals surface area contributed by atoms with Crippen molar-refractivity contribution in [3.63, 3.8) is 0 Å². The van der Waals surface area contributed by atoms with Crippen LogP contribution < -0.4 is 16.4 Å². The average Bonchev–Trinajstić information content (AvgIpc) is 2.85. The summed E-state index contributed by atoms with van der Waals surface area (Å²) >= 11 is 0. The number of carbonyl (C=O) groups is 3. The summed E-state index contributed by atoms with van der Waals surface area (Å²) in [4.78, 5) is 37.0. The van der Waals surface area contributed by atoms with Crippen LogP contribution in [0.2, 0.25) is 0 Å². The van der Waals surface area contributed by atoms with E-state index in [0.717, 1.165) is 26.4 Å². The summed E-state index contributed by atoms with van der Waals surface area (Å²) in [5, 5.41) is 14.5. The largest absolute Gasteiger partial charge is 0.469 e. The summed E-state index contributed by atoms with van der Waals surface area (Å²) in [7, 11) is 2.27. The van der Waals surface area contributed by atoms with E-state index < -0.39 is 41.9 Å². The molecule has 0 radical (unpaired) electrons. The Morgan fingerprint density at radius 3 is 2.50 bits per heavy atom. The number of methoxy groups -OCH3 is 2. The lowest BCUT2D eigenvalue weighted by atomic mass is 9.82. The first kappa shape index (κ1) is 25.7. The lowest BCUT2D eigenvalue weighted by Crippen LogP contribution is -2.27. The molecule has 0 saturated carbocycles. The van der Waals surface area contributed by atoms with E-state index in [1.807, 2.05) is 6.07 Å². The van der Waals surface area contributed by atoms with Gasteiger partial charge in [0, 0.05) is 11.8 Å². The van der Waals surface area contributed by atoms with Gasteiger partial charge in [-0.1, -0.05) is 12.1 Å². The van der Waals surface area contributed by atoms with Crippen LogP contribution in [0.4, 0.5) is 25.0 Å². The van der Waals surface area contributed by atoms with Crippen molar-refractivity contribution < 1.29 is 37.4 Å². The molecule has 1 atom stereocenters. The third kappa shape index (κ3) is 5.58. The molecule has 0 spiro atoms. The fraction of sp³-hybridized carbons (Fsp3) is 0.167. The van der Waals surface area contributed by atoms with E-state index in [2.05, 4.69) is 15.4 Å². The molecule has 0 fully saturated rings. The summed E-state index contributed by atoms with van der Waals surface area (Å²) in [5.74, 6) is -4.94. The number of rotatable bonds is 6. The van der Waals surface area contributed by atoms with Gasteiger partial charge in [-0.2, -0.15) is 5.26 Å². The van der Waals surface area contributed by atoms with Crippen LogP contribution >= 0.6 is 0 Å². The van der Waals surface area contributed by atoms with E-state index in [4.69, 9.17) is 15.2 Å². The van der Waals surface area contributed by atoms with Gasteiger partial charge >= 0.3 is 18.0 Å². The Bertz CT molecular complexity index is 1330. The Balaban J connectivity index is 1.98. The van der Waals surface area contributed by atoms with E-state index in [1.165, 1.54) is 18.2 Å². The maximum absolute atomic E-state index is 13.9. The van der Waals surface area contributed by atoms with Crippen LogP contribution in [0.15, 0.2) is 65.3 Å². The SMILES string of the molecule is COC(=O)CC1=C(C(=O)OC)C(c2cccc(NC(=O)Nc3ccc(F)cc3F)c2)C(C#N)=C(N)O1. The van der Waals surface area contributed by atoms with Crippen molar-refractivity contribution in [2.75, 3.05) is 24.9 Å². The molecule has 2 aromatic rings. The third-order valence-corrected chi connectivity index (χ3v) is 5.09. The van der Waals surface area contributed by atoms with Crippen molar-refractivity contribution in [1.82, 2.24) is 0 Å². The monoisotopic (exact) mass is 498 g/mol. The number of amides is 2. The Labute approximate surface area is 203 Å². The Morgan fingerprint density at radius 1 is 1.11 bits per heavy atom. The van der Waals surface area contributed by atoms with Gasteiger partial charge < -0.3 is 30.6 Å². The predicted molar refractivity (Wildman–Crippen MR) is 122 cm³/mol. The molecule has 2 amide bonds. The molecule has 36 heavy (non-hydrogen) atoms. The van der Waals surface area contributed by atoms with E-state index in [1.54, 1.807) is 6.07 Å². The number of esters is 2. The van der Waals surface area contributed by atoms with Gasteiger partial charge in [0.05, 0.1) is 31.4 Å². The maximum atomic E-state index is 13.9. The summed E-state index contributed by atoms with van der Waals surface area (Å²) in [6.45, 7) is 0.